The summed E-state index contributed by atoms with van der Waals surface area (Å²) in [5.41, 5.74) is 1.30. The van der Waals surface area contributed by atoms with Crippen molar-refractivity contribution in [1.82, 2.24) is 15.0 Å². The summed E-state index contributed by atoms with van der Waals surface area (Å²) < 4.78 is 12.2. The van der Waals surface area contributed by atoms with Gasteiger partial charge in [-0.05, 0) is 0 Å². The van der Waals surface area contributed by atoms with Gasteiger partial charge in [0.05, 0.1) is 0 Å². The first-order valence-electron chi connectivity index (χ1n) is 3.24. The molecule has 2 aromatic rings. The molecule has 0 aliphatic heterocycles. The van der Waals surface area contributed by atoms with E-state index < -0.39 is 6.67 Å². The molecule has 0 bridgehead atoms. The van der Waals surface area contributed by atoms with E-state index in [1.54, 1.807) is 12.4 Å². The number of H-pyrrole nitrogens is 1. The van der Waals surface area contributed by atoms with Crippen molar-refractivity contribution in [1.29, 1.82) is 0 Å². The molecule has 2 rings (SSSR count). The number of fused-ring (bicyclic) bond motifs is 1. The Morgan fingerprint density at radius 3 is 3.27 bits per heavy atom. The first-order valence-corrected chi connectivity index (χ1v) is 3.24. The largest absolute Gasteiger partial charge is 0.346 e. The Hall–Kier alpha value is -1.45. The van der Waals surface area contributed by atoms with Crippen LogP contribution in [0.4, 0.5) is 4.39 Å². The Labute approximate surface area is 62.3 Å². The van der Waals surface area contributed by atoms with Crippen LogP contribution in [-0.2, 0) is 6.67 Å². The zero-order valence-electron chi connectivity index (χ0n) is 5.71. The minimum atomic E-state index is -0.479. The van der Waals surface area contributed by atoms with Gasteiger partial charge in [-0.1, -0.05) is 0 Å². The van der Waals surface area contributed by atoms with Crippen LogP contribution < -0.4 is 0 Å². The third kappa shape index (κ3) is 0.869. The number of rotatable bonds is 1. The molecule has 3 nitrogen and oxygen atoms in total. The molecule has 1 N–H and O–H groups in total. The van der Waals surface area contributed by atoms with Gasteiger partial charge in [-0.2, -0.15) is 0 Å². The summed E-state index contributed by atoms with van der Waals surface area (Å²) in [6.07, 6.45) is 4.65. The molecule has 56 valence electrons. The minimum absolute atomic E-state index is 0.479. The number of aromatic nitrogens is 3. The summed E-state index contributed by atoms with van der Waals surface area (Å²) in [5.74, 6) is 0. The third-order valence-electron chi connectivity index (χ3n) is 1.59. The number of hydrogen-bond acceptors (Lipinski definition) is 2. The van der Waals surface area contributed by atoms with Crippen molar-refractivity contribution in [2.75, 3.05) is 0 Å². The fourth-order valence-corrected chi connectivity index (χ4v) is 1.02. The number of halogens is 1. The first kappa shape index (κ1) is 6.27. The van der Waals surface area contributed by atoms with E-state index in [1.165, 1.54) is 6.33 Å². The molecule has 0 fully saturated rings. The number of nitrogens with zero attached hydrogens (tertiary/aromatic N) is 2. The first-order chi connectivity index (χ1) is 5.42. The van der Waals surface area contributed by atoms with E-state index in [9.17, 15) is 4.39 Å². The third-order valence-corrected chi connectivity index (χ3v) is 1.59. The van der Waals surface area contributed by atoms with Crippen LogP contribution in [0.1, 0.15) is 5.56 Å². The molecule has 0 spiro atoms. The van der Waals surface area contributed by atoms with Gasteiger partial charge in [0.25, 0.3) is 0 Å². The highest BCUT2D eigenvalue weighted by atomic mass is 19.1. The lowest BCUT2D eigenvalue weighted by molar-refractivity contribution is 0.488. The number of aromatic amines is 1. The average molecular weight is 151 g/mol. The van der Waals surface area contributed by atoms with E-state index in [2.05, 4.69) is 15.0 Å². The molecule has 2 heterocycles. The second-order valence-electron chi connectivity index (χ2n) is 2.23. The summed E-state index contributed by atoms with van der Waals surface area (Å²) in [7, 11) is 0. The number of hydrogen-bond donors (Lipinski definition) is 1. The molecule has 0 aromatic carbocycles. The molecular formula is C7H6FN3. The molecule has 0 aliphatic carbocycles. The molecule has 0 aliphatic rings. The lowest BCUT2D eigenvalue weighted by Gasteiger charge is -1.87. The van der Waals surface area contributed by atoms with Crippen molar-refractivity contribution in [3.8, 4) is 0 Å². The summed E-state index contributed by atoms with van der Waals surface area (Å²) >= 11 is 0. The van der Waals surface area contributed by atoms with Crippen molar-refractivity contribution in [2.24, 2.45) is 0 Å². The van der Waals surface area contributed by atoms with Gasteiger partial charge in [-0.25, -0.2) is 14.4 Å². The van der Waals surface area contributed by atoms with E-state index in [0.29, 0.717) is 11.2 Å². The smallest absolute Gasteiger partial charge is 0.141 e. The summed E-state index contributed by atoms with van der Waals surface area (Å²) in [4.78, 5) is 10.6. The van der Waals surface area contributed by atoms with Gasteiger partial charge < -0.3 is 4.98 Å². The maximum absolute atomic E-state index is 12.2. The van der Waals surface area contributed by atoms with Gasteiger partial charge in [0.1, 0.15) is 18.6 Å². The van der Waals surface area contributed by atoms with Crippen molar-refractivity contribution >= 4 is 11.0 Å². The van der Waals surface area contributed by atoms with Gasteiger partial charge in [0.2, 0.25) is 0 Å². The topological polar surface area (TPSA) is 41.6 Å². The summed E-state index contributed by atoms with van der Waals surface area (Å²) in [6.45, 7) is -0.479. The Morgan fingerprint density at radius 1 is 1.55 bits per heavy atom. The number of alkyl halides is 1. The second-order valence-corrected chi connectivity index (χ2v) is 2.23. The highest BCUT2D eigenvalue weighted by Gasteiger charge is 2.01. The van der Waals surface area contributed by atoms with Crippen LogP contribution in [0.25, 0.3) is 11.0 Å². The second kappa shape index (κ2) is 2.30. The Kier molecular flexibility index (Phi) is 1.31. The SMILES string of the molecule is FCc1c[nH]c2ncncc12. The highest BCUT2D eigenvalue weighted by Crippen LogP contribution is 2.14. The molecule has 0 unspecified atom stereocenters. The van der Waals surface area contributed by atoms with Gasteiger partial charge >= 0.3 is 0 Å². The van der Waals surface area contributed by atoms with Crippen LogP contribution >= 0.6 is 0 Å². The quantitative estimate of drug-likeness (QED) is 0.669. The van der Waals surface area contributed by atoms with E-state index in [-0.39, 0.29) is 0 Å². The number of nitrogens with one attached hydrogen (secondary N) is 1. The lowest BCUT2D eigenvalue weighted by Crippen LogP contribution is -1.78. The molecule has 0 saturated carbocycles. The van der Waals surface area contributed by atoms with Crippen LogP contribution in [-0.4, -0.2) is 15.0 Å². The predicted octanol–water partition coefficient (Wildman–Crippen LogP) is 1.43. The lowest BCUT2D eigenvalue weighted by atomic mass is 10.3. The standard InChI is InChI=1S/C7H6FN3/c8-1-5-2-10-7-6(5)3-9-4-11-7/h2-4H,1H2,(H,9,10,11). The monoisotopic (exact) mass is 151 g/mol. The van der Waals surface area contributed by atoms with Crippen molar-refractivity contribution < 1.29 is 4.39 Å². The molecule has 11 heavy (non-hydrogen) atoms. The molecular weight excluding hydrogens is 145 g/mol. The van der Waals surface area contributed by atoms with Crippen LogP contribution in [0, 0.1) is 0 Å². The fraction of sp³-hybridized carbons (Fsp3) is 0.143. The zero-order chi connectivity index (χ0) is 7.68. The van der Waals surface area contributed by atoms with Gasteiger partial charge in [0, 0.05) is 23.3 Å². The Bertz CT molecular complexity index is 368. The summed E-state index contributed by atoms with van der Waals surface area (Å²) in [5, 5.41) is 0.759. The molecule has 0 radical (unpaired) electrons. The van der Waals surface area contributed by atoms with E-state index in [1.807, 2.05) is 0 Å². The minimum Gasteiger partial charge on any atom is -0.346 e. The predicted molar refractivity (Wildman–Crippen MR) is 38.7 cm³/mol. The maximum atomic E-state index is 12.2. The van der Waals surface area contributed by atoms with Gasteiger partial charge in [-0.15, -0.1) is 0 Å². The molecule has 0 atom stereocenters. The van der Waals surface area contributed by atoms with Crippen molar-refractivity contribution in [3.63, 3.8) is 0 Å². The van der Waals surface area contributed by atoms with E-state index >= 15 is 0 Å². The Balaban J connectivity index is 2.76. The molecule has 0 saturated heterocycles. The molecule has 2 aromatic heterocycles. The van der Waals surface area contributed by atoms with Crippen molar-refractivity contribution in [3.05, 3.63) is 24.3 Å². The van der Waals surface area contributed by atoms with Gasteiger partial charge in [-0.3, -0.25) is 0 Å². The van der Waals surface area contributed by atoms with Crippen LogP contribution in [0.2, 0.25) is 0 Å². The maximum Gasteiger partial charge on any atom is 0.141 e. The fourth-order valence-electron chi connectivity index (χ4n) is 1.02. The Morgan fingerprint density at radius 2 is 2.45 bits per heavy atom. The van der Waals surface area contributed by atoms with Crippen LogP contribution in [0.5, 0.6) is 0 Å². The summed E-state index contributed by atoms with van der Waals surface area (Å²) in [6, 6.07) is 0. The van der Waals surface area contributed by atoms with E-state index in [0.717, 1.165) is 5.39 Å². The van der Waals surface area contributed by atoms with Crippen LogP contribution in [0.3, 0.4) is 0 Å². The normalized spacial score (nSPS) is 10.6. The molecule has 4 heteroatoms. The van der Waals surface area contributed by atoms with E-state index in [4.69, 9.17) is 0 Å². The molecule has 0 amide bonds. The zero-order valence-corrected chi connectivity index (χ0v) is 5.71. The highest BCUT2D eigenvalue weighted by molar-refractivity contribution is 5.78. The average Bonchev–Trinajstić information content (AvgIpc) is 2.47. The van der Waals surface area contributed by atoms with Crippen LogP contribution in [0.15, 0.2) is 18.7 Å². The van der Waals surface area contributed by atoms with Gasteiger partial charge in [0.15, 0.2) is 0 Å². The van der Waals surface area contributed by atoms with Crippen molar-refractivity contribution in [2.45, 2.75) is 6.67 Å².